The predicted molar refractivity (Wildman–Crippen MR) is 138 cm³/mol. The number of nitrogens with zero attached hydrogens (tertiary/aromatic N) is 1. The van der Waals surface area contributed by atoms with E-state index in [1.165, 1.54) is 17.0 Å². The molecule has 196 valence electrons. The molecule has 0 radical (unpaired) electrons. The molecule has 4 rings (SSSR count). The maximum absolute atomic E-state index is 15.0. The van der Waals surface area contributed by atoms with Gasteiger partial charge in [-0.3, -0.25) is 19.2 Å². The fourth-order valence-electron chi connectivity index (χ4n) is 4.11. The Hall–Kier alpha value is -3.75. The molecule has 0 unspecified atom stereocenters. The lowest BCUT2D eigenvalue weighted by molar-refractivity contribution is -0.123. The van der Waals surface area contributed by atoms with Crippen LogP contribution in [0.1, 0.15) is 70.3 Å². The van der Waals surface area contributed by atoms with Crippen molar-refractivity contribution >= 4 is 23.6 Å². The van der Waals surface area contributed by atoms with Gasteiger partial charge >= 0.3 is 0 Å². The molecule has 0 bridgehead atoms. The second kappa shape index (κ2) is 10.3. The molecule has 2 aliphatic rings. The van der Waals surface area contributed by atoms with Crippen molar-refractivity contribution in [2.24, 2.45) is 5.41 Å². The zero-order valence-corrected chi connectivity index (χ0v) is 21.7. The van der Waals surface area contributed by atoms with E-state index in [9.17, 15) is 19.2 Å². The van der Waals surface area contributed by atoms with Crippen LogP contribution in [0, 0.1) is 18.2 Å². The first-order valence-corrected chi connectivity index (χ1v) is 12.5. The van der Waals surface area contributed by atoms with Crippen LogP contribution >= 0.6 is 0 Å². The summed E-state index contributed by atoms with van der Waals surface area (Å²) in [5.74, 6) is -2.00. The van der Waals surface area contributed by atoms with Gasteiger partial charge in [0.1, 0.15) is 5.82 Å². The predicted octanol–water partition coefficient (Wildman–Crippen LogP) is 3.04. The molecule has 3 N–H and O–H groups in total. The Balaban J connectivity index is 1.77. The normalized spacial score (nSPS) is 15.7. The van der Waals surface area contributed by atoms with Crippen LogP contribution < -0.4 is 16.0 Å². The number of piperazine rings is 1. The van der Waals surface area contributed by atoms with Crippen molar-refractivity contribution in [2.75, 3.05) is 26.2 Å². The molecular formula is C28H33FN4O4. The monoisotopic (exact) mass is 508 g/mol. The summed E-state index contributed by atoms with van der Waals surface area (Å²) in [6, 6.07) is 7.55. The van der Waals surface area contributed by atoms with Gasteiger partial charge in [-0.05, 0) is 66.1 Å². The number of benzene rings is 2. The topological polar surface area (TPSA) is 108 Å². The zero-order valence-electron chi connectivity index (χ0n) is 21.7. The Bertz CT molecular complexity index is 1260. The number of hydrogen-bond donors (Lipinski definition) is 3. The van der Waals surface area contributed by atoms with Crippen molar-refractivity contribution < 1.29 is 23.6 Å². The number of carbonyl (C=O) groups is 4. The third kappa shape index (κ3) is 6.34. The molecule has 1 saturated carbocycles. The van der Waals surface area contributed by atoms with Crippen LogP contribution in [0.3, 0.4) is 0 Å². The van der Waals surface area contributed by atoms with Crippen molar-refractivity contribution in [3.8, 4) is 11.1 Å². The number of rotatable bonds is 6. The Morgan fingerprint density at radius 1 is 1.05 bits per heavy atom. The van der Waals surface area contributed by atoms with Gasteiger partial charge in [-0.15, -0.1) is 0 Å². The van der Waals surface area contributed by atoms with Gasteiger partial charge in [0, 0.05) is 42.4 Å². The van der Waals surface area contributed by atoms with Crippen molar-refractivity contribution in [3.05, 3.63) is 58.4 Å². The largest absolute Gasteiger partial charge is 0.353 e. The summed E-state index contributed by atoms with van der Waals surface area (Å²) >= 11 is 0. The average molecular weight is 509 g/mol. The Labute approximate surface area is 216 Å². The van der Waals surface area contributed by atoms with E-state index in [2.05, 4.69) is 16.0 Å². The van der Waals surface area contributed by atoms with E-state index in [-0.39, 0.29) is 58.0 Å². The second-order valence-electron chi connectivity index (χ2n) is 11.0. The van der Waals surface area contributed by atoms with Crippen LogP contribution in [0.5, 0.6) is 0 Å². The molecule has 2 fully saturated rings. The minimum absolute atomic E-state index is 0.105. The highest BCUT2D eigenvalue weighted by atomic mass is 19.1. The van der Waals surface area contributed by atoms with Gasteiger partial charge < -0.3 is 20.9 Å². The summed E-state index contributed by atoms with van der Waals surface area (Å²) in [5.41, 5.74) is 1.52. The highest BCUT2D eigenvalue weighted by Crippen LogP contribution is 2.32. The first-order valence-electron chi connectivity index (χ1n) is 12.5. The molecule has 0 aromatic heterocycles. The fourth-order valence-corrected chi connectivity index (χ4v) is 4.11. The molecule has 2 aromatic carbocycles. The van der Waals surface area contributed by atoms with E-state index in [0.717, 1.165) is 12.8 Å². The first kappa shape index (κ1) is 26.3. The van der Waals surface area contributed by atoms with E-state index in [1.807, 2.05) is 20.8 Å². The highest BCUT2D eigenvalue weighted by Gasteiger charge is 2.28. The molecule has 1 saturated heterocycles. The van der Waals surface area contributed by atoms with Gasteiger partial charge in [-0.25, -0.2) is 4.39 Å². The summed E-state index contributed by atoms with van der Waals surface area (Å²) in [5, 5.41) is 8.43. The number of halogens is 1. The minimum atomic E-state index is -0.568. The third-order valence-corrected chi connectivity index (χ3v) is 6.43. The summed E-state index contributed by atoms with van der Waals surface area (Å²) in [7, 11) is 0. The summed E-state index contributed by atoms with van der Waals surface area (Å²) in [6.45, 7) is 8.52. The van der Waals surface area contributed by atoms with E-state index >= 15 is 4.39 Å². The lowest BCUT2D eigenvalue weighted by Crippen LogP contribution is -2.50. The van der Waals surface area contributed by atoms with Gasteiger partial charge in [-0.2, -0.15) is 0 Å². The SMILES string of the molecule is Cc1c(F)cc(C(=O)NC2CC2)cc1-c1ccc(C(=O)NCC(C)(C)C)cc1C(=O)N1CCNC(=O)C1. The molecule has 37 heavy (non-hydrogen) atoms. The van der Waals surface area contributed by atoms with Crippen LogP contribution in [0.2, 0.25) is 0 Å². The van der Waals surface area contributed by atoms with E-state index in [0.29, 0.717) is 30.8 Å². The van der Waals surface area contributed by atoms with Crippen LogP contribution in [0.25, 0.3) is 11.1 Å². The summed E-state index contributed by atoms with van der Waals surface area (Å²) in [6.07, 6.45) is 1.79. The fraction of sp³-hybridized carbons (Fsp3) is 0.429. The molecule has 1 aliphatic heterocycles. The molecule has 1 heterocycles. The average Bonchev–Trinajstić information content (AvgIpc) is 3.67. The van der Waals surface area contributed by atoms with Crippen molar-refractivity contribution in [2.45, 2.75) is 46.6 Å². The van der Waals surface area contributed by atoms with Crippen molar-refractivity contribution in [1.82, 2.24) is 20.9 Å². The van der Waals surface area contributed by atoms with Crippen LogP contribution in [0.4, 0.5) is 4.39 Å². The van der Waals surface area contributed by atoms with Gasteiger partial charge in [0.25, 0.3) is 17.7 Å². The molecule has 9 heteroatoms. The number of nitrogens with one attached hydrogen (secondary N) is 3. The van der Waals surface area contributed by atoms with Gasteiger partial charge in [0.05, 0.1) is 6.54 Å². The third-order valence-electron chi connectivity index (χ3n) is 6.43. The number of hydrogen-bond acceptors (Lipinski definition) is 4. The van der Waals surface area contributed by atoms with Crippen molar-refractivity contribution in [3.63, 3.8) is 0 Å². The number of carbonyl (C=O) groups excluding carboxylic acids is 4. The maximum Gasteiger partial charge on any atom is 0.255 e. The Morgan fingerprint density at radius 2 is 1.78 bits per heavy atom. The van der Waals surface area contributed by atoms with Gasteiger partial charge in [0.15, 0.2) is 0 Å². The van der Waals surface area contributed by atoms with E-state index < -0.39 is 11.7 Å². The summed E-state index contributed by atoms with van der Waals surface area (Å²) in [4.78, 5) is 52.6. The smallest absolute Gasteiger partial charge is 0.255 e. The van der Waals surface area contributed by atoms with Gasteiger partial charge in [-0.1, -0.05) is 26.8 Å². The molecule has 0 atom stereocenters. The first-order chi connectivity index (χ1) is 17.4. The molecule has 8 nitrogen and oxygen atoms in total. The molecule has 4 amide bonds. The Kier molecular flexibility index (Phi) is 7.34. The minimum Gasteiger partial charge on any atom is -0.353 e. The lowest BCUT2D eigenvalue weighted by atomic mass is 9.91. The molecule has 2 aromatic rings. The quantitative estimate of drug-likeness (QED) is 0.558. The molecule has 0 spiro atoms. The number of amides is 4. The zero-order chi connectivity index (χ0) is 26.9. The summed E-state index contributed by atoms with van der Waals surface area (Å²) < 4.78 is 15.0. The Morgan fingerprint density at radius 3 is 2.43 bits per heavy atom. The van der Waals surface area contributed by atoms with Crippen LogP contribution in [0.15, 0.2) is 30.3 Å². The highest BCUT2D eigenvalue weighted by molar-refractivity contribution is 6.06. The van der Waals surface area contributed by atoms with E-state index in [4.69, 9.17) is 0 Å². The van der Waals surface area contributed by atoms with E-state index in [1.54, 1.807) is 25.1 Å². The maximum atomic E-state index is 15.0. The van der Waals surface area contributed by atoms with Crippen LogP contribution in [-0.2, 0) is 4.79 Å². The lowest BCUT2D eigenvalue weighted by Gasteiger charge is -2.28. The van der Waals surface area contributed by atoms with Crippen molar-refractivity contribution in [1.29, 1.82) is 0 Å². The second-order valence-corrected chi connectivity index (χ2v) is 11.0. The molecular weight excluding hydrogens is 475 g/mol. The van der Waals surface area contributed by atoms with Crippen LogP contribution in [-0.4, -0.2) is 60.7 Å². The standard InChI is InChI=1S/C28H33FN4O4/c1-16-21(12-18(13-23(16)29)26(36)32-19-6-7-19)20-8-5-17(25(35)31-15-28(2,3)4)11-22(20)27(37)33-10-9-30-24(34)14-33/h5,8,11-13,19H,6-7,9-10,14-15H2,1-4H3,(H,30,34)(H,31,35)(H,32,36). The molecule has 1 aliphatic carbocycles. The van der Waals surface area contributed by atoms with Gasteiger partial charge in [0.2, 0.25) is 5.91 Å².